The van der Waals surface area contributed by atoms with Gasteiger partial charge in [0, 0.05) is 0 Å². The van der Waals surface area contributed by atoms with Crippen molar-refractivity contribution in [1.82, 2.24) is 0 Å². The van der Waals surface area contributed by atoms with Gasteiger partial charge in [-0.1, -0.05) is 24.3 Å². The maximum absolute atomic E-state index is 11.4. The van der Waals surface area contributed by atoms with Gasteiger partial charge < -0.3 is 14.9 Å². The number of aryl methyl sites for hydroxylation is 1. The molecule has 0 amide bonds. The van der Waals surface area contributed by atoms with Crippen LogP contribution < -0.4 is 5.73 Å². The normalized spacial score (nSPS) is 18.9. The third-order valence-electron chi connectivity index (χ3n) is 4.23. The molecule has 1 aliphatic rings. The summed E-state index contributed by atoms with van der Waals surface area (Å²) in [6.45, 7) is 0. The lowest BCUT2D eigenvalue weighted by Crippen LogP contribution is -2.26. The average Bonchev–Trinajstić information content (AvgIpc) is 3.03. The van der Waals surface area contributed by atoms with E-state index in [1.807, 2.05) is 0 Å². The lowest BCUT2D eigenvalue weighted by atomic mass is 9.79. The van der Waals surface area contributed by atoms with E-state index >= 15 is 0 Å². The number of carbonyl (C=O) groups excluding carboxylic acids is 1. The number of rotatable bonds is 3. The maximum Gasteiger partial charge on any atom is 0.373 e. The number of ether oxygens (including phenoxy) is 1. The van der Waals surface area contributed by atoms with Crippen molar-refractivity contribution in [3.05, 3.63) is 59.0 Å². The highest BCUT2D eigenvalue weighted by atomic mass is 16.5. The summed E-state index contributed by atoms with van der Waals surface area (Å²) in [4.78, 5) is 11.4. The summed E-state index contributed by atoms with van der Waals surface area (Å²) in [5.41, 5.74) is 9.11. The Morgan fingerprint density at radius 2 is 2.05 bits per heavy atom. The molecule has 4 nitrogen and oxygen atoms in total. The third-order valence-corrected chi connectivity index (χ3v) is 4.23. The van der Waals surface area contributed by atoms with Gasteiger partial charge in [-0.2, -0.15) is 0 Å². The topological polar surface area (TPSA) is 65.5 Å². The molecule has 1 heterocycles. The molecule has 1 aromatic heterocycles. The van der Waals surface area contributed by atoms with Gasteiger partial charge in [-0.05, 0) is 48.4 Å². The van der Waals surface area contributed by atoms with Crippen molar-refractivity contribution < 1.29 is 13.9 Å². The molecule has 4 heteroatoms. The first-order valence-corrected chi connectivity index (χ1v) is 7.19. The van der Waals surface area contributed by atoms with Crippen LogP contribution in [0.2, 0.25) is 0 Å². The highest BCUT2D eigenvalue weighted by Gasteiger charge is 2.27. The molecule has 0 fully saturated rings. The summed E-state index contributed by atoms with van der Waals surface area (Å²) in [6, 6.07) is 11.7. The van der Waals surface area contributed by atoms with E-state index in [1.165, 1.54) is 18.2 Å². The number of benzene rings is 1. The summed E-state index contributed by atoms with van der Waals surface area (Å²) in [5, 5.41) is 0. The molecule has 21 heavy (non-hydrogen) atoms. The van der Waals surface area contributed by atoms with E-state index in [4.69, 9.17) is 10.2 Å². The molecule has 3 rings (SSSR count). The Hall–Kier alpha value is -2.07. The lowest BCUT2D eigenvalue weighted by Gasteiger charge is -2.28. The van der Waals surface area contributed by atoms with E-state index in [2.05, 4.69) is 29.0 Å². The van der Waals surface area contributed by atoms with Crippen molar-refractivity contribution >= 4 is 5.97 Å². The van der Waals surface area contributed by atoms with E-state index < -0.39 is 5.97 Å². The van der Waals surface area contributed by atoms with Gasteiger partial charge in [-0.25, -0.2) is 4.79 Å². The first kappa shape index (κ1) is 13.9. The van der Waals surface area contributed by atoms with Crippen LogP contribution >= 0.6 is 0 Å². The SMILES string of the molecule is COC(=O)c1ccc(C(N)C2CCc3ccccc3C2)o1. The second kappa shape index (κ2) is 5.74. The highest BCUT2D eigenvalue weighted by molar-refractivity contribution is 5.86. The van der Waals surface area contributed by atoms with E-state index in [0.717, 1.165) is 19.3 Å². The molecule has 0 spiro atoms. The van der Waals surface area contributed by atoms with E-state index in [9.17, 15) is 4.79 Å². The second-order valence-corrected chi connectivity index (χ2v) is 5.49. The predicted octanol–water partition coefficient (Wildman–Crippen LogP) is 2.87. The van der Waals surface area contributed by atoms with Gasteiger partial charge in [0.25, 0.3) is 0 Å². The molecule has 2 N–H and O–H groups in total. The van der Waals surface area contributed by atoms with Crippen LogP contribution in [-0.2, 0) is 17.6 Å². The molecule has 2 unspecified atom stereocenters. The minimum absolute atomic E-state index is 0.197. The molecule has 0 aliphatic heterocycles. The molecule has 2 aromatic rings. The smallest absolute Gasteiger partial charge is 0.373 e. The minimum atomic E-state index is -0.470. The van der Waals surface area contributed by atoms with Crippen molar-refractivity contribution in [2.24, 2.45) is 11.7 Å². The number of carbonyl (C=O) groups is 1. The number of fused-ring (bicyclic) bond motifs is 1. The fraction of sp³-hybridized carbons (Fsp3) is 0.353. The molecule has 0 bridgehead atoms. The molecule has 1 aromatic carbocycles. The Bertz CT molecular complexity index is 647. The van der Waals surface area contributed by atoms with Crippen molar-refractivity contribution in [3.8, 4) is 0 Å². The van der Waals surface area contributed by atoms with Crippen LogP contribution in [0.15, 0.2) is 40.8 Å². The van der Waals surface area contributed by atoms with Crippen LogP contribution in [0.5, 0.6) is 0 Å². The van der Waals surface area contributed by atoms with Crippen LogP contribution in [-0.4, -0.2) is 13.1 Å². The monoisotopic (exact) mass is 285 g/mol. The summed E-state index contributed by atoms with van der Waals surface area (Å²) in [7, 11) is 1.34. The van der Waals surface area contributed by atoms with Crippen molar-refractivity contribution in [2.75, 3.05) is 7.11 Å². The average molecular weight is 285 g/mol. The van der Waals surface area contributed by atoms with E-state index in [1.54, 1.807) is 12.1 Å². The zero-order valence-electron chi connectivity index (χ0n) is 12.0. The largest absolute Gasteiger partial charge is 0.463 e. The van der Waals surface area contributed by atoms with Crippen molar-refractivity contribution in [2.45, 2.75) is 25.3 Å². The molecular formula is C17H19NO3. The van der Waals surface area contributed by atoms with Crippen LogP contribution in [0, 0.1) is 5.92 Å². The van der Waals surface area contributed by atoms with Crippen molar-refractivity contribution in [3.63, 3.8) is 0 Å². The van der Waals surface area contributed by atoms with Gasteiger partial charge in [-0.3, -0.25) is 0 Å². The number of hydrogen-bond donors (Lipinski definition) is 1. The third kappa shape index (κ3) is 2.72. The van der Waals surface area contributed by atoms with Crippen LogP contribution in [0.3, 0.4) is 0 Å². The maximum atomic E-state index is 11.4. The fourth-order valence-electron chi connectivity index (χ4n) is 3.01. The standard InChI is InChI=1S/C17H19NO3/c1-20-17(19)15-9-8-14(21-15)16(18)13-7-6-11-4-2-3-5-12(11)10-13/h2-5,8-9,13,16H,6-7,10,18H2,1H3. The second-order valence-electron chi connectivity index (χ2n) is 5.49. The Labute approximate surface area is 123 Å². The highest BCUT2D eigenvalue weighted by Crippen LogP contribution is 2.33. The zero-order valence-corrected chi connectivity index (χ0v) is 12.0. The number of furan rings is 1. The summed E-state index contributed by atoms with van der Waals surface area (Å²) in [6.07, 6.45) is 3.02. The molecule has 0 saturated heterocycles. The quantitative estimate of drug-likeness (QED) is 0.881. The minimum Gasteiger partial charge on any atom is -0.463 e. The Balaban J connectivity index is 1.76. The number of nitrogens with two attached hydrogens (primary N) is 1. The van der Waals surface area contributed by atoms with Gasteiger partial charge >= 0.3 is 5.97 Å². The Morgan fingerprint density at radius 3 is 2.81 bits per heavy atom. The summed E-state index contributed by atoms with van der Waals surface area (Å²) < 4.78 is 10.2. The first-order chi connectivity index (χ1) is 10.2. The van der Waals surface area contributed by atoms with Crippen molar-refractivity contribution in [1.29, 1.82) is 0 Å². The van der Waals surface area contributed by atoms with Gasteiger partial charge in [0.15, 0.2) is 0 Å². The van der Waals surface area contributed by atoms with E-state index in [-0.39, 0.29) is 11.8 Å². The summed E-state index contributed by atoms with van der Waals surface area (Å²) in [5.74, 6) is 0.720. The van der Waals surface area contributed by atoms with Gasteiger partial charge in [0.1, 0.15) is 5.76 Å². The summed E-state index contributed by atoms with van der Waals surface area (Å²) >= 11 is 0. The van der Waals surface area contributed by atoms with Crippen LogP contribution in [0.25, 0.3) is 0 Å². The predicted molar refractivity (Wildman–Crippen MR) is 78.9 cm³/mol. The molecule has 2 atom stereocenters. The Kier molecular flexibility index (Phi) is 3.80. The molecular weight excluding hydrogens is 266 g/mol. The fourth-order valence-corrected chi connectivity index (χ4v) is 3.01. The van der Waals surface area contributed by atoms with Gasteiger partial charge in [0.05, 0.1) is 13.2 Å². The van der Waals surface area contributed by atoms with E-state index in [0.29, 0.717) is 11.7 Å². The van der Waals surface area contributed by atoms with Crippen LogP contribution in [0.4, 0.5) is 0 Å². The molecule has 0 radical (unpaired) electrons. The number of hydrogen-bond acceptors (Lipinski definition) is 4. The molecule has 0 saturated carbocycles. The number of methoxy groups -OCH3 is 1. The zero-order chi connectivity index (χ0) is 14.8. The first-order valence-electron chi connectivity index (χ1n) is 7.19. The Morgan fingerprint density at radius 1 is 1.29 bits per heavy atom. The molecule has 1 aliphatic carbocycles. The lowest BCUT2D eigenvalue weighted by molar-refractivity contribution is 0.0561. The number of esters is 1. The molecule has 110 valence electrons. The van der Waals surface area contributed by atoms with Crippen LogP contribution in [0.1, 0.15) is 39.9 Å². The van der Waals surface area contributed by atoms with Gasteiger partial charge in [-0.15, -0.1) is 0 Å². The van der Waals surface area contributed by atoms with Gasteiger partial charge in [0.2, 0.25) is 5.76 Å².